The Bertz CT molecular complexity index is 745. The highest BCUT2D eigenvalue weighted by atomic mass is 32.1. The molecule has 2 aromatic heterocycles. The number of benzene rings is 1. The highest BCUT2D eigenvalue weighted by molar-refractivity contribution is 7.13. The zero-order valence-corrected chi connectivity index (χ0v) is 14.4. The van der Waals surface area contributed by atoms with Gasteiger partial charge in [0.15, 0.2) is 5.13 Å². The quantitative estimate of drug-likeness (QED) is 0.716. The van der Waals surface area contributed by atoms with Gasteiger partial charge in [0.2, 0.25) is 0 Å². The molecule has 4 rings (SSSR count). The fraction of sp³-hybridized carbons (Fsp3) is 0.333. The maximum atomic E-state index is 4.57. The summed E-state index contributed by atoms with van der Waals surface area (Å²) in [7, 11) is 0. The topological polar surface area (TPSA) is 37.2 Å². The molecule has 0 N–H and O–H groups in total. The molecule has 1 fully saturated rings. The second-order valence-corrected chi connectivity index (χ2v) is 6.91. The molecular formula is C18H21N5S. The van der Waals surface area contributed by atoms with Crippen molar-refractivity contribution in [2.75, 3.05) is 31.1 Å². The number of hydrogen-bond acceptors (Lipinski definition) is 5. The summed E-state index contributed by atoms with van der Waals surface area (Å²) in [6.45, 7) is 5.97. The van der Waals surface area contributed by atoms with E-state index in [-0.39, 0.29) is 0 Å². The van der Waals surface area contributed by atoms with Crippen LogP contribution in [0.4, 0.5) is 5.13 Å². The maximum Gasteiger partial charge on any atom is 0.185 e. The van der Waals surface area contributed by atoms with Crippen LogP contribution in [0.25, 0.3) is 0 Å². The third-order valence-corrected chi connectivity index (χ3v) is 5.26. The molecule has 3 aromatic rings. The smallest absolute Gasteiger partial charge is 0.185 e. The Kier molecular flexibility index (Phi) is 4.57. The number of nitrogens with zero attached hydrogens (tertiary/aromatic N) is 5. The van der Waals surface area contributed by atoms with Crippen molar-refractivity contribution >= 4 is 16.5 Å². The predicted octanol–water partition coefficient (Wildman–Crippen LogP) is 2.71. The lowest BCUT2D eigenvalue weighted by molar-refractivity contribution is 0.241. The number of rotatable bonds is 5. The van der Waals surface area contributed by atoms with Crippen LogP contribution in [0.2, 0.25) is 0 Å². The molecule has 1 aliphatic heterocycles. The van der Waals surface area contributed by atoms with Gasteiger partial charge in [-0.25, -0.2) is 9.97 Å². The summed E-state index contributed by atoms with van der Waals surface area (Å²) in [4.78, 5) is 13.8. The van der Waals surface area contributed by atoms with Gasteiger partial charge in [0.25, 0.3) is 0 Å². The van der Waals surface area contributed by atoms with E-state index in [9.17, 15) is 0 Å². The van der Waals surface area contributed by atoms with Gasteiger partial charge in [0, 0.05) is 56.7 Å². The Labute approximate surface area is 146 Å². The van der Waals surface area contributed by atoms with Crippen LogP contribution in [0.5, 0.6) is 0 Å². The molecule has 5 nitrogen and oxygen atoms in total. The summed E-state index contributed by atoms with van der Waals surface area (Å²) in [5.74, 6) is 1.14. The molecular weight excluding hydrogens is 318 g/mol. The summed E-state index contributed by atoms with van der Waals surface area (Å²) in [6.07, 6.45) is 5.87. The number of piperazine rings is 1. The first kappa shape index (κ1) is 15.4. The monoisotopic (exact) mass is 339 g/mol. The number of imidazole rings is 1. The predicted molar refractivity (Wildman–Crippen MR) is 97.4 cm³/mol. The summed E-state index contributed by atoms with van der Waals surface area (Å²) >= 11 is 1.72. The van der Waals surface area contributed by atoms with Crippen molar-refractivity contribution in [1.82, 2.24) is 19.4 Å². The molecule has 0 spiro atoms. The van der Waals surface area contributed by atoms with E-state index in [4.69, 9.17) is 0 Å². The Morgan fingerprint density at radius 2 is 1.75 bits per heavy atom. The largest absolute Gasteiger partial charge is 0.346 e. The zero-order chi connectivity index (χ0) is 16.2. The molecule has 0 saturated carbocycles. The Morgan fingerprint density at radius 3 is 2.50 bits per heavy atom. The number of anilines is 1. The summed E-state index contributed by atoms with van der Waals surface area (Å²) in [5.41, 5.74) is 1.31. The van der Waals surface area contributed by atoms with Crippen LogP contribution in [-0.4, -0.2) is 45.6 Å². The molecule has 24 heavy (non-hydrogen) atoms. The van der Waals surface area contributed by atoms with Crippen molar-refractivity contribution in [2.45, 2.75) is 13.1 Å². The fourth-order valence-electron chi connectivity index (χ4n) is 3.09. The second kappa shape index (κ2) is 7.15. The lowest BCUT2D eigenvalue weighted by Crippen LogP contribution is -2.46. The van der Waals surface area contributed by atoms with Crippen LogP contribution >= 0.6 is 11.3 Å². The summed E-state index contributed by atoms with van der Waals surface area (Å²) in [6, 6.07) is 10.6. The zero-order valence-electron chi connectivity index (χ0n) is 13.6. The minimum absolute atomic E-state index is 0.884. The average Bonchev–Trinajstić information content (AvgIpc) is 3.29. The average molecular weight is 339 g/mol. The van der Waals surface area contributed by atoms with Crippen LogP contribution in [-0.2, 0) is 13.1 Å². The minimum Gasteiger partial charge on any atom is -0.346 e. The van der Waals surface area contributed by atoms with Gasteiger partial charge in [-0.3, -0.25) is 4.90 Å². The van der Waals surface area contributed by atoms with Crippen molar-refractivity contribution in [3.8, 4) is 0 Å². The molecule has 0 radical (unpaired) electrons. The van der Waals surface area contributed by atoms with Crippen molar-refractivity contribution in [3.05, 3.63) is 65.7 Å². The first-order valence-corrected chi connectivity index (χ1v) is 9.17. The molecule has 0 atom stereocenters. The highest BCUT2D eigenvalue weighted by Gasteiger charge is 2.19. The number of aromatic nitrogens is 3. The first-order valence-electron chi connectivity index (χ1n) is 8.29. The first-order chi connectivity index (χ1) is 11.9. The minimum atomic E-state index is 0.884. The molecule has 0 unspecified atom stereocenters. The van der Waals surface area contributed by atoms with E-state index < -0.39 is 0 Å². The van der Waals surface area contributed by atoms with Crippen molar-refractivity contribution in [3.63, 3.8) is 0 Å². The molecule has 124 valence electrons. The molecule has 0 amide bonds. The lowest BCUT2D eigenvalue weighted by Gasteiger charge is -2.34. The van der Waals surface area contributed by atoms with E-state index >= 15 is 0 Å². The Balaban J connectivity index is 1.36. The van der Waals surface area contributed by atoms with Crippen molar-refractivity contribution in [1.29, 1.82) is 0 Å². The van der Waals surface area contributed by atoms with Gasteiger partial charge in [0.1, 0.15) is 5.82 Å². The van der Waals surface area contributed by atoms with Gasteiger partial charge in [-0.05, 0) is 5.56 Å². The van der Waals surface area contributed by atoms with Gasteiger partial charge in [-0.15, -0.1) is 11.3 Å². The molecule has 1 aromatic carbocycles. The Hall–Kier alpha value is -2.18. The molecule has 1 saturated heterocycles. The fourth-order valence-corrected chi connectivity index (χ4v) is 3.78. The Morgan fingerprint density at radius 1 is 0.917 bits per heavy atom. The van der Waals surface area contributed by atoms with E-state index in [1.54, 1.807) is 11.3 Å². The molecule has 6 heteroatoms. The van der Waals surface area contributed by atoms with Crippen LogP contribution in [0.1, 0.15) is 11.4 Å². The van der Waals surface area contributed by atoms with E-state index in [0.717, 1.165) is 50.2 Å². The van der Waals surface area contributed by atoms with Crippen LogP contribution < -0.4 is 4.90 Å². The number of hydrogen-bond donors (Lipinski definition) is 0. The van der Waals surface area contributed by atoms with Gasteiger partial charge in [-0.2, -0.15) is 0 Å². The molecule has 0 aliphatic carbocycles. The van der Waals surface area contributed by atoms with E-state index in [1.807, 2.05) is 17.8 Å². The van der Waals surface area contributed by atoms with Crippen molar-refractivity contribution < 1.29 is 0 Å². The normalized spacial score (nSPS) is 15.8. The SMILES string of the molecule is c1ccc(Cn2ccnc2CN2CCN(c3nccs3)CC2)cc1. The van der Waals surface area contributed by atoms with E-state index in [2.05, 4.69) is 60.9 Å². The van der Waals surface area contributed by atoms with E-state index in [0.29, 0.717) is 0 Å². The molecule has 3 heterocycles. The third-order valence-electron chi connectivity index (χ3n) is 4.42. The maximum absolute atomic E-state index is 4.57. The molecule has 0 bridgehead atoms. The van der Waals surface area contributed by atoms with Gasteiger partial charge >= 0.3 is 0 Å². The lowest BCUT2D eigenvalue weighted by atomic mass is 10.2. The number of thiazole rings is 1. The summed E-state index contributed by atoms with van der Waals surface area (Å²) < 4.78 is 2.25. The standard InChI is InChI=1S/C18H21N5S/c1-2-4-16(5-3-1)14-23-8-6-19-17(23)15-21-9-11-22(12-10-21)18-20-7-13-24-18/h1-8,13H,9-12,14-15H2. The third kappa shape index (κ3) is 3.49. The van der Waals surface area contributed by atoms with Gasteiger partial charge < -0.3 is 9.47 Å². The van der Waals surface area contributed by atoms with E-state index in [1.165, 1.54) is 5.56 Å². The second-order valence-electron chi connectivity index (χ2n) is 6.03. The van der Waals surface area contributed by atoms with Crippen LogP contribution in [0.3, 0.4) is 0 Å². The van der Waals surface area contributed by atoms with Crippen LogP contribution in [0, 0.1) is 0 Å². The van der Waals surface area contributed by atoms with Gasteiger partial charge in [-0.1, -0.05) is 30.3 Å². The summed E-state index contributed by atoms with van der Waals surface area (Å²) in [5, 5.41) is 3.18. The van der Waals surface area contributed by atoms with Gasteiger partial charge in [0.05, 0.1) is 6.54 Å². The van der Waals surface area contributed by atoms with Crippen molar-refractivity contribution in [2.24, 2.45) is 0 Å². The highest BCUT2D eigenvalue weighted by Crippen LogP contribution is 2.19. The molecule has 1 aliphatic rings. The van der Waals surface area contributed by atoms with Crippen LogP contribution in [0.15, 0.2) is 54.3 Å².